The van der Waals surface area contributed by atoms with Crippen LogP contribution in [0.4, 0.5) is 10.2 Å². The maximum atomic E-state index is 13.2. The van der Waals surface area contributed by atoms with Crippen molar-refractivity contribution in [3.63, 3.8) is 0 Å². The fourth-order valence-electron chi connectivity index (χ4n) is 2.29. The Balaban J connectivity index is 1.83. The van der Waals surface area contributed by atoms with E-state index in [0.29, 0.717) is 5.69 Å². The van der Waals surface area contributed by atoms with Gasteiger partial charge in [-0.15, -0.1) is 10.2 Å². The molecule has 2 aromatic rings. The maximum Gasteiger partial charge on any atom is 0.151 e. The molecule has 0 saturated carbocycles. The summed E-state index contributed by atoms with van der Waals surface area (Å²) in [6.45, 7) is 1.73. The molecule has 0 bridgehead atoms. The molecule has 5 heteroatoms. The van der Waals surface area contributed by atoms with Crippen LogP contribution in [0, 0.1) is 5.82 Å². The Morgan fingerprint density at radius 2 is 2.11 bits per heavy atom. The number of rotatable bonds is 2. The topological polar surface area (TPSA) is 55.0 Å². The second-order valence-corrected chi connectivity index (χ2v) is 4.78. The predicted molar refractivity (Wildman–Crippen MR) is 72.2 cm³/mol. The molecule has 19 heavy (non-hydrogen) atoms. The van der Waals surface area contributed by atoms with Gasteiger partial charge in [0.15, 0.2) is 5.82 Å². The highest BCUT2D eigenvalue weighted by Gasteiger charge is 2.20. The standard InChI is InChI=1S/C14H15FN4/c15-11-3-1-2-10(8-11)13-4-5-14(18-17-13)19-7-6-12(16)9-19/h1-5,8,12H,6-7,9,16H2. The zero-order chi connectivity index (χ0) is 13.2. The Labute approximate surface area is 111 Å². The molecule has 0 spiro atoms. The fourth-order valence-corrected chi connectivity index (χ4v) is 2.29. The number of nitrogens with zero attached hydrogens (tertiary/aromatic N) is 3. The van der Waals surface area contributed by atoms with Crippen molar-refractivity contribution < 1.29 is 4.39 Å². The minimum atomic E-state index is -0.270. The van der Waals surface area contributed by atoms with Crippen molar-refractivity contribution in [2.45, 2.75) is 12.5 Å². The molecular formula is C14H15FN4. The van der Waals surface area contributed by atoms with Crippen LogP contribution in [0.3, 0.4) is 0 Å². The summed E-state index contributed by atoms with van der Waals surface area (Å²) in [4.78, 5) is 2.12. The first-order chi connectivity index (χ1) is 9.22. The van der Waals surface area contributed by atoms with Crippen LogP contribution in [0.15, 0.2) is 36.4 Å². The van der Waals surface area contributed by atoms with Crippen LogP contribution >= 0.6 is 0 Å². The molecule has 4 nitrogen and oxygen atoms in total. The smallest absolute Gasteiger partial charge is 0.151 e. The van der Waals surface area contributed by atoms with E-state index in [1.165, 1.54) is 12.1 Å². The molecule has 2 N–H and O–H groups in total. The van der Waals surface area contributed by atoms with E-state index in [4.69, 9.17) is 5.73 Å². The monoisotopic (exact) mass is 258 g/mol. The van der Waals surface area contributed by atoms with Crippen LogP contribution in [0.1, 0.15) is 6.42 Å². The lowest BCUT2D eigenvalue weighted by molar-refractivity contribution is 0.628. The van der Waals surface area contributed by atoms with E-state index in [-0.39, 0.29) is 11.9 Å². The lowest BCUT2D eigenvalue weighted by Gasteiger charge is -2.15. The van der Waals surface area contributed by atoms with Gasteiger partial charge in [-0.2, -0.15) is 0 Å². The highest BCUT2D eigenvalue weighted by Crippen LogP contribution is 2.21. The summed E-state index contributed by atoms with van der Waals surface area (Å²) in [7, 11) is 0. The molecular weight excluding hydrogens is 243 g/mol. The summed E-state index contributed by atoms with van der Waals surface area (Å²) in [6.07, 6.45) is 0.979. The van der Waals surface area contributed by atoms with Crippen molar-refractivity contribution in [2.24, 2.45) is 5.73 Å². The van der Waals surface area contributed by atoms with E-state index >= 15 is 0 Å². The molecule has 1 aromatic heterocycles. The molecule has 2 heterocycles. The Bertz CT molecular complexity index is 570. The molecule has 1 aliphatic heterocycles. The minimum absolute atomic E-state index is 0.213. The molecule has 1 aromatic carbocycles. The van der Waals surface area contributed by atoms with E-state index in [9.17, 15) is 4.39 Å². The third-order valence-electron chi connectivity index (χ3n) is 3.32. The first-order valence-electron chi connectivity index (χ1n) is 6.32. The van der Waals surface area contributed by atoms with Crippen molar-refractivity contribution in [3.8, 4) is 11.3 Å². The third-order valence-corrected chi connectivity index (χ3v) is 3.32. The maximum absolute atomic E-state index is 13.2. The summed E-state index contributed by atoms with van der Waals surface area (Å²) >= 11 is 0. The minimum Gasteiger partial charge on any atom is -0.354 e. The van der Waals surface area contributed by atoms with Crippen molar-refractivity contribution in [3.05, 3.63) is 42.2 Å². The third kappa shape index (κ3) is 2.56. The van der Waals surface area contributed by atoms with Gasteiger partial charge in [0.2, 0.25) is 0 Å². The molecule has 98 valence electrons. The molecule has 1 fully saturated rings. The van der Waals surface area contributed by atoms with Gasteiger partial charge in [-0.1, -0.05) is 12.1 Å². The van der Waals surface area contributed by atoms with Gasteiger partial charge in [0.1, 0.15) is 5.82 Å². The summed E-state index contributed by atoms with van der Waals surface area (Å²) in [5.41, 5.74) is 7.27. The second-order valence-electron chi connectivity index (χ2n) is 4.78. The zero-order valence-corrected chi connectivity index (χ0v) is 10.5. The van der Waals surface area contributed by atoms with Gasteiger partial charge >= 0.3 is 0 Å². The Morgan fingerprint density at radius 3 is 2.74 bits per heavy atom. The van der Waals surface area contributed by atoms with E-state index in [1.807, 2.05) is 18.2 Å². The SMILES string of the molecule is NC1CCN(c2ccc(-c3cccc(F)c3)nn2)C1. The first-order valence-corrected chi connectivity index (χ1v) is 6.32. The summed E-state index contributed by atoms with van der Waals surface area (Å²) in [5.74, 6) is 0.557. The lowest BCUT2D eigenvalue weighted by Crippen LogP contribution is -2.27. The number of anilines is 1. The highest BCUT2D eigenvalue weighted by molar-refractivity contribution is 5.59. The first kappa shape index (κ1) is 12.0. The van der Waals surface area contributed by atoms with Gasteiger partial charge in [-0.25, -0.2) is 4.39 Å². The van der Waals surface area contributed by atoms with Crippen LogP contribution in [-0.2, 0) is 0 Å². The molecule has 3 rings (SSSR count). The largest absolute Gasteiger partial charge is 0.354 e. The van der Waals surface area contributed by atoms with Gasteiger partial charge in [-0.3, -0.25) is 0 Å². The van der Waals surface area contributed by atoms with Crippen LogP contribution < -0.4 is 10.6 Å². The molecule has 1 unspecified atom stereocenters. The van der Waals surface area contributed by atoms with Gasteiger partial charge in [0, 0.05) is 24.7 Å². The van der Waals surface area contributed by atoms with E-state index in [0.717, 1.165) is 30.9 Å². The van der Waals surface area contributed by atoms with Crippen molar-refractivity contribution in [1.82, 2.24) is 10.2 Å². The second kappa shape index (κ2) is 4.93. The van der Waals surface area contributed by atoms with Gasteiger partial charge in [0.05, 0.1) is 5.69 Å². The predicted octanol–water partition coefficient (Wildman–Crippen LogP) is 1.82. The van der Waals surface area contributed by atoms with Crippen LogP contribution in [0.2, 0.25) is 0 Å². The molecule has 1 aliphatic rings. The van der Waals surface area contributed by atoms with Crippen molar-refractivity contribution >= 4 is 5.82 Å². The number of nitrogens with two attached hydrogens (primary N) is 1. The van der Waals surface area contributed by atoms with Gasteiger partial charge in [-0.05, 0) is 30.7 Å². The Kier molecular flexibility index (Phi) is 3.13. The van der Waals surface area contributed by atoms with Crippen molar-refractivity contribution in [2.75, 3.05) is 18.0 Å². The van der Waals surface area contributed by atoms with Gasteiger partial charge in [0.25, 0.3) is 0 Å². The summed E-state index contributed by atoms with van der Waals surface area (Å²) in [5, 5.41) is 8.36. The van der Waals surface area contributed by atoms with E-state index < -0.39 is 0 Å². The number of halogens is 1. The van der Waals surface area contributed by atoms with Crippen molar-refractivity contribution in [1.29, 1.82) is 0 Å². The highest BCUT2D eigenvalue weighted by atomic mass is 19.1. The zero-order valence-electron chi connectivity index (χ0n) is 10.5. The average molecular weight is 258 g/mol. The molecule has 0 radical (unpaired) electrons. The average Bonchev–Trinajstić information content (AvgIpc) is 2.86. The number of benzene rings is 1. The normalized spacial score (nSPS) is 18.8. The summed E-state index contributed by atoms with van der Waals surface area (Å²) < 4.78 is 13.2. The van der Waals surface area contributed by atoms with E-state index in [1.54, 1.807) is 6.07 Å². The molecule has 1 atom stereocenters. The van der Waals surface area contributed by atoms with Crippen LogP contribution in [0.25, 0.3) is 11.3 Å². The summed E-state index contributed by atoms with van der Waals surface area (Å²) in [6, 6.07) is 10.3. The number of hydrogen-bond acceptors (Lipinski definition) is 4. The molecule has 0 aliphatic carbocycles. The Morgan fingerprint density at radius 1 is 1.21 bits per heavy atom. The van der Waals surface area contributed by atoms with Crippen LogP contribution in [-0.4, -0.2) is 29.3 Å². The van der Waals surface area contributed by atoms with Gasteiger partial charge < -0.3 is 10.6 Å². The fraction of sp³-hybridized carbons (Fsp3) is 0.286. The van der Waals surface area contributed by atoms with Crippen LogP contribution in [0.5, 0.6) is 0 Å². The number of hydrogen-bond donors (Lipinski definition) is 1. The molecule has 1 saturated heterocycles. The quantitative estimate of drug-likeness (QED) is 0.892. The lowest BCUT2D eigenvalue weighted by atomic mass is 10.1. The number of aromatic nitrogens is 2. The van der Waals surface area contributed by atoms with E-state index in [2.05, 4.69) is 15.1 Å². The Hall–Kier alpha value is -2.01. The molecule has 0 amide bonds.